The van der Waals surface area contributed by atoms with Gasteiger partial charge >= 0.3 is 0 Å². The van der Waals surface area contributed by atoms with Crippen molar-refractivity contribution in [1.29, 1.82) is 5.41 Å². The SMILES string of the molecule is N=C(N)c1ccc(S(=O)(=O)c2cccs2)cc1. The topological polar surface area (TPSA) is 84.0 Å². The van der Waals surface area contributed by atoms with Crippen LogP contribution < -0.4 is 5.73 Å². The third kappa shape index (κ3) is 2.22. The summed E-state index contributed by atoms with van der Waals surface area (Å²) in [6.45, 7) is 0. The first kappa shape index (κ1) is 11.8. The molecule has 0 fully saturated rings. The maximum absolute atomic E-state index is 12.1. The molecule has 2 aromatic rings. The van der Waals surface area contributed by atoms with Crippen LogP contribution in [-0.4, -0.2) is 14.3 Å². The summed E-state index contributed by atoms with van der Waals surface area (Å²) >= 11 is 1.18. The van der Waals surface area contributed by atoms with Crippen LogP contribution in [0.15, 0.2) is 50.9 Å². The fraction of sp³-hybridized carbons (Fsp3) is 0. The molecule has 0 unspecified atom stereocenters. The van der Waals surface area contributed by atoms with Crippen molar-refractivity contribution in [1.82, 2.24) is 0 Å². The molecule has 0 aliphatic rings. The van der Waals surface area contributed by atoms with Gasteiger partial charge in [-0.05, 0) is 35.7 Å². The highest BCUT2D eigenvalue weighted by molar-refractivity contribution is 7.93. The molecule has 0 aliphatic carbocycles. The Morgan fingerprint density at radius 3 is 2.29 bits per heavy atom. The number of nitrogen functional groups attached to an aromatic ring is 1. The van der Waals surface area contributed by atoms with Crippen LogP contribution >= 0.6 is 11.3 Å². The Bertz CT molecular complexity index is 629. The van der Waals surface area contributed by atoms with Crippen molar-refractivity contribution in [3.8, 4) is 0 Å². The van der Waals surface area contributed by atoms with Crippen molar-refractivity contribution in [2.45, 2.75) is 9.10 Å². The Balaban J connectivity index is 2.45. The lowest BCUT2D eigenvalue weighted by atomic mass is 10.2. The van der Waals surface area contributed by atoms with Gasteiger partial charge in [-0.25, -0.2) is 8.42 Å². The van der Waals surface area contributed by atoms with E-state index in [1.54, 1.807) is 17.5 Å². The van der Waals surface area contributed by atoms with Gasteiger partial charge in [-0.2, -0.15) is 0 Å². The quantitative estimate of drug-likeness (QED) is 0.657. The fourth-order valence-electron chi connectivity index (χ4n) is 1.35. The Kier molecular flexibility index (Phi) is 2.99. The number of thiophene rings is 1. The highest BCUT2D eigenvalue weighted by Crippen LogP contribution is 2.24. The summed E-state index contributed by atoms with van der Waals surface area (Å²) in [7, 11) is -3.43. The number of amidine groups is 1. The van der Waals surface area contributed by atoms with Gasteiger partial charge < -0.3 is 5.73 Å². The summed E-state index contributed by atoms with van der Waals surface area (Å²) in [6.07, 6.45) is 0. The Hall–Kier alpha value is -1.66. The van der Waals surface area contributed by atoms with Crippen molar-refractivity contribution < 1.29 is 8.42 Å². The molecule has 0 radical (unpaired) electrons. The van der Waals surface area contributed by atoms with Gasteiger partial charge in [0, 0.05) is 5.56 Å². The van der Waals surface area contributed by atoms with Gasteiger partial charge in [-0.3, -0.25) is 5.41 Å². The minimum absolute atomic E-state index is 0.0786. The predicted octanol–water partition coefficient (Wildman–Crippen LogP) is 1.86. The van der Waals surface area contributed by atoms with Crippen molar-refractivity contribution >= 4 is 27.0 Å². The van der Waals surface area contributed by atoms with E-state index in [0.717, 1.165) is 0 Å². The molecule has 88 valence electrons. The van der Waals surface area contributed by atoms with Gasteiger partial charge in [0.25, 0.3) is 0 Å². The zero-order chi connectivity index (χ0) is 12.5. The third-order valence-corrected chi connectivity index (χ3v) is 5.40. The molecule has 0 amide bonds. The van der Waals surface area contributed by atoms with E-state index in [1.165, 1.54) is 35.6 Å². The molecular formula is C11H10N2O2S2. The van der Waals surface area contributed by atoms with Crippen LogP contribution in [0.1, 0.15) is 5.56 Å². The molecule has 0 aliphatic heterocycles. The van der Waals surface area contributed by atoms with Gasteiger partial charge in [0.1, 0.15) is 10.0 Å². The Labute approximate surface area is 103 Å². The minimum atomic E-state index is -3.43. The lowest BCUT2D eigenvalue weighted by molar-refractivity contribution is 0.598. The molecule has 0 bridgehead atoms. The summed E-state index contributed by atoms with van der Waals surface area (Å²) < 4.78 is 24.5. The molecule has 0 saturated carbocycles. The number of benzene rings is 1. The molecular weight excluding hydrogens is 256 g/mol. The van der Waals surface area contributed by atoms with Crippen LogP contribution in [-0.2, 0) is 9.84 Å². The number of rotatable bonds is 3. The highest BCUT2D eigenvalue weighted by Gasteiger charge is 2.18. The number of sulfone groups is 1. The third-order valence-electron chi connectivity index (χ3n) is 2.24. The first-order valence-corrected chi connectivity index (χ1v) is 7.11. The second-order valence-corrected chi connectivity index (χ2v) is 6.50. The molecule has 0 spiro atoms. The van der Waals surface area contributed by atoms with Crippen molar-refractivity contribution in [3.05, 3.63) is 47.3 Å². The van der Waals surface area contributed by atoms with Crippen LogP contribution in [0.3, 0.4) is 0 Å². The van der Waals surface area contributed by atoms with E-state index in [0.29, 0.717) is 9.77 Å². The van der Waals surface area contributed by atoms with Crippen LogP contribution in [0.5, 0.6) is 0 Å². The normalized spacial score (nSPS) is 11.3. The zero-order valence-electron chi connectivity index (χ0n) is 8.75. The maximum atomic E-state index is 12.1. The van der Waals surface area contributed by atoms with Crippen LogP contribution in [0.2, 0.25) is 0 Å². The molecule has 1 heterocycles. The number of nitrogens with one attached hydrogen (secondary N) is 1. The van der Waals surface area contributed by atoms with E-state index in [-0.39, 0.29) is 10.7 Å². The van der Waals surface area contributed by atoms with Crippen molar-refractivity contribution in [2.24, 2.45) is 5.73 Å². The van der Waals surface area contributed by atoms with E-state index in [4.69, 9.17) is 11.1 Å². The van der Waals surface area contributed by atoms with Crippen LogP contribution in [0.4, 0.5) is 0 Å². The van der Waals surface area contributed by atoms with Gasteiger partial charge in [0.05, 0.1) is 4.90 Å². The van der Waals surface area contributed by atoms with Crippen LogP contribution in [0, 0.1) is 5.41 Å². The number of nitrogens with two attached hydrogens (primary N) is 1. The highest BCUT2D eigenvalue weighted by atomic mass is 32.2. The second kappa shape index (κ2) is 4.31. The molecule has 0 saturated heterocycles. The average molecular weight is 266 g/mol. The standard InChI is InChI=1S/C11H10N2O2S2/c12-11(13)8-3-5-9(6-4-8)17(14,15)10-2-1-7-16-10/h1-7H,(H3,12,13). The molecule has 3 N–H and O–H groups in total. The van der Waals surface area contributed by atoms with E-state index >= 15 is 0 Å². The van der Waals surface area contributed by atoms with Gasteiger partial charge in [-0.15, -0.1) is 11.3 Å². The Morgan fingerprint density at radius 2 is 1.82 bits per heavy atom. The molecule has 17 heavy (non-hydrogen) atoms. The monoisotopic (exact) mass is 266 g/mol. The lowest BCUT2D eigenvalue weighted by Crippen LogP contribution is -2.11. The smallest absolute Gasteiger partial charge is 0.215 e. The predicted molar refractivity (Wildman–Crippen MR) is 67.2 cm³/mol. The van der Waals surface area contributed by atoms with E-state index in [9.17, 15) is 8.42 Å². The van der Waals surface area contributed by atoms with E-state index in [2.05, 4.69) is 0 Å². The van der Waals surface area contributed by atoms with Crippen molar-refractivity contribution in [2.75, 3.05) is 0 Å². The Morgan fingerprint density at radius 1 is 1.18 bits per heavy atom. The van der Waals surface area contributed by atoms with E-state index in [1.807, 2.05) is 0 Å². The maximum Gasteiger partial charge on any atom is 0.215 e. The molecule has 0 atom stereocenters. The molecule has 2 rings (SSSR count). The number of hydrogen-bond donors (Lipinski definition) is 2. The second-order valence-electron chi connectivity index (χ2n) is 3.37. The summed E-state index contributed by atoms with van der Waals surface area (Å²) in [6, 6.07) is 9.25. The molecule has 6 heteroatoms. The summed E-state index contributed by atoms with van der Waals surface area (Å²) in [5.41, 5.74) is 5.81. The van der Waals surface area contributed by atoms with Crippen LogP contribution in [0.25, 0.3) is 0 Å². The fourth-order valence-corrected chi connectivity index (χ4v) is 3.74. The summed E-state index contributed by atoms with van der Waals surface area (Å²) in [5.74, 6) is -0.0786. The zero-order valence-corrected chi connectivity index (χ0v) is 10.4. The number of hydrogen-bond acceptors (Lipinski definition) is 4. The minimum Gasteiger partial charge on any atom is -0.384 e. The summed E-state index contributed by atoms with van der Waals surface area (Å²) in [4.78, 5) is 0.213. The molecule has 1 aromatic heterocycles. The lowest BCUT2D eigenvalue weighted by Gasteiger charge is -2.03. The molecule has 4 nitrogen and oxygen atoms in total. The first-order valence-electron chi connectivity index (χ1n) is 4.75. The van der Waals surface area contributed by atoms with Crippen molar-refractivity contribution in [3.63, 3.8) is 0 Å². The van der Waals surface area contributed by atoms with Gasteiger partial charge in [0.2, 0.25) is 9.84 Å². The average Bonchev–Trinajstić information content (AvgIpc) is 2.83. The first-order chi connectivity index (χ1) is 8.01. The van der Waals surface area contributed by atoms with Gasteiger partial charge in [0.15, 0.2) is 0 Å². The molecule has 1 aromatic carbocycles. The van der Waals surface area contributed by atoms with E-state index < -0.39 is 9.84 Å². The largest absolute Gasteiger partial charge is 0.384 e. The summed E-state index contributed by atoms with van der Waals surface area (Å²) in [5, 5.41) is 8.95. The van der Waals surface area contributed by atoms with Gasteiger partial charge in [-0.1, -0.05) is 6.07 Å².